The van der Waals surface area contributed by atoms with Crippen LogP contribution in [0.25, 0.3) is 0 Å². The number of benzene rings is 1. The molecular weight excluding hydrogens is 315 g/mol. The number of carbonyl (C=O) groups is 2. The Morgan fingerprint density at radius 2 is 2.00 bits per heavy atom. The Bertz CT molecular complexity index is 466. The van der Waals surface area contributed by atoms with Crippen molar-refractivity contribution in [2.75, 3.05) is 13.6 Å². The predicted molar refractivity (Wildman–Crippen MR) is 74.1 cm³/mol. The topological polar surface area (TPSA) is 58.2 Å². The third-order valence-electron chi connectivity index (χ3n) is 2.58. The van der Waals surface area contributed by atoms with Crippen LogP contribution in [0.5, 0.6) is 0 Å². The van der Waals surface area contributed by atoms with Gasteiger partial charge in [-0.25, -0.2) is 4.39 Å². The van der Waals surface area contributed by atoms with Crippen LogP contribution in [-0.4, -0.2) is 25.4 Å². The summed E-state index contributed by atoms with van der Waals surface area (Å²) in [7, 11) is 1.55. The van der Waals surface area contributed by atoms with E-state index in [9.17, 15) is 14.0 Å². The van der Waals surface area contributed by atoms with Gasteiger partial charge in [0.15, 0.2) is 0 Å². The Hall–Kier alpha value is -1.43. The summed E-state index contributed by atoms with van der Waals surface area (Å²) in [6.07, 6.45) is 0.964. The van der Waals surface area contributed by atoms with Gasteiger partial charge in [0.1, 0.15) is 5.82 Å². The van der Waals surface area contributed by atoms with Crippen LogP contribution in [0.4, 0.5) is 4.39 Å². The van der Waals surface area contributed by atoms with Crippen molar-refractivity contribution in [2.45, 2.75) is 19.3 Å². The fourth-order valence-electron chi connectivity index (χ4n) is 1.51. The lowest BCUT2D eigenvalue weighted by atomic mass is 10.1. The molecule has 0 fully saturated rings. The van der Waals surface area contributed by atoms with E-state index in [2.05, 4.69) is 26.6 Å². The maximum absolute atomic E-state index is 13.0. The van der Waals surface area contributed by atoms with Crippen molar-refractivity contribution in [1.29, 1.82) is 0 Å². The van der Waals surface area contributed by atoms with E-state index in [1.54, 1.807) is 13.1 Å². The highest BCUT2D eigenvalue weighted by atomic mass is 79.9. The van der Waals surface area contributed by atoms with E-state index < -0.39 is 0 Å². The molecule has 0 saturated heterocycles. The summed E-state index contributed by atoms with van der Waals surface area (Å²) in [5.41, 5.74) is 0.751. The summed E-state index contributed by atoms with van der Waals surface area (Å²) >= 11 is 3.31. The average Bonchev–Trinajstić information content (AvgIpc) is 2.39. The lowest BCUT2D eigenvalue weighted by Crippen LogP contribution is -2.29. The van der Waals surface area contributed by atoms with Gasteiger partial charge in [-0.1, -0.05) is 15.9 Å². The lowest BCUT2D eigenvalue weighted by Gasteiger charge is -2.06. The molecule has 0 heterocycles. The second-order valence-electron chi connectivity index (χ2n) is 4.01. The minimum absolute atomic E-state index is 0.117. The number of amides is 2. The molecule has 0 aliphatic rings. The van der Waals surface area contributed by atoms with E-state index in [4.69, 9.17) is 0 Å². The molecule has 2 N–H and O–H groups in total. The Kier molecular flexibility index (Phi) is 6.49. The van der Waals surface area contributed by atoms with Crippen LogP contribution in [0.15, 0.2) is 22.7 Å². The fraction of sp³-hybridized carbons (Fsp3) is 0.385. The van der Waals surface area contributed by atoms with E-state index in [1.165, 1.54) is 12.1 Å². The molecule has 6 heteroatoms. The Labute approximate surface area is 119 Å². The van der Waals surface area contributed by atoms with Crippen molar-refractivity contribution in [3.8, 4) is 0 Å². The SMILES string of the molecule is CNC(=O)CCNC(=O)CCc1cc(F)ccc1Br. The van der Waals surface area contributed by atoms with Gasteiger partial charge in [-0.05, 0) is 30.2 Å². The van der Waals surface area contributed by atoms with Crippen LogP contribution in [-0.2, 0) is 16.0 Å². The van der Waals surface area contributed by atoms with Crippen LogP contribution in [0, 0.1) is 5.82 Å². The minimum Gasteiger partial charge on any atom is -0.359 e. The number of nitrogens with one attached hydrogen (secondary N) is 2. The Morgan fingerprint density at radius 1 is 1.26 bits per heavy atom. The first kappa shape index (κ1) is 15.6. The van der Waals surface area contributed by atoms with E-state index in [0.717, 1.165) is 10.0 Å². The maximum atomic E-state index is 13.0. The number of carbonyl (C=O) groups excluding carboxylic acids is 2. The highest BCUT2D eigenvalue weighted by Crippen LogP contribution is 2.19. The summed E-state index contributed by atoms with van der Waals surface area (Å²) < 4.78 is 13.8. The van der Waals surface area contributed by atoms with Gasteiger partial charge in [0.05, 0.1) is 0 Å². The van der Waals surface area contributed by atoms with E-state index in [1.807, 2.05) is 0 Å². The molecule has 0 atom stereocenters. The normalized spacial score (nSPS) is 10.1. The first-order valence-corrected chi connectivity index (χ1v) is 6.73. The summed E-state index contributed by atoms with van der Waals surface area (Å²) in [6.45, 7) is 0.308. The van der Waals surface area contributed by atoms with Crippen molar-refractivity contribution in [1.82, 2.24) is 10.6 Å². The number of halogens is 2. The molecule has 1 aromatic carbocycles. The molecule has 0 aromatic heterocycles. The molecule has 0 aliphatic carbocycles. The van der Waals surface area contributed by atoms with Gasteiger partial charge in [-0.15, -0.1) is 0 Å². The molecule has 0 saturated carbocycles. The smallest absolute Gasteiger partial charge is 0.221 e. The van der Waals surface area contributed by atoms with Crippen LogP contribution in [0.1, 0.15) is 18.4 Å². The zero-order valence-electron chi connectivity index (χ0n) is 10.6. The molecular formula is C13H16BrFN2O2. The molecule has 0 unspecified atom stereocenters. The van der Waals surface area contributed by atoms with Crippen molar-refractivity contribution in [3.05, 3.63) is 34.1 Å². The molecule has 1 rings (SSSR count). The van der Waals surface area contributed by atoms with Crippen LogP contribution >= 0.6 is 15.9 Å². The number of hydrogen-bond acceptors (Lipinski definition) is 2. The molecule has 19 heavy (non-hydrogen) atoms. The van der Waals surface area contributed by atoms with Gasteiger partial charge >= 0.3 is 0 Å². The van der Waals surface area contributed by atoms with Crippen molar-refractivity contribution in [3.63, 3.8) is 0 Å². The summed E-state index contributed by atoms with van der Waals surface area (Å²) in [5.74, 6) is -0.591. The van der Waals surface area contributed by atoms with Gasteiger partial charge in [-0.2, -0.15) is 0 Å². The highest BCUT2D eigenvalue weighted by molar-refractivity contribution is 9.10. The molecule has 0 aliphatic heterocycles. The number of hydrogen-bond donors (Lipinski definition) is 2. The third kappa shape index (κ3) is 5.83. The second kappa shape index (κ2) is 7.89. The lowest BCUT2D eigenvalue weighted by molar-refractivity contribution is -0.122. The molecule has 0 bridgehead atoms. The van der Waals surface area contributed by atoms with Crippen molar-refractivity contribution < 1.29 is 14.0 Å². The quantitative estimate of drug-likeness (QED) is 0.835. The number of rotatable bonds is 6. The van der Waals surface area contributed by atoms with Gasteiger partial charge in [0.2, 0.25) is 11.8 Å². The third-order valence-corrected chi connectivity index (χ3v) is 3.36. The van der Waals surface area contributed by atoms with Crippen LogP contribution in [0.3, 0.4) is 0 Å². The van der Waals surface area contributed by atoms with Gasteiger partial charge < -0.3 is 10.6 Å². The van der Waals surface area contributed by atoms with Crippen LogP contribution in [0.2, 0.25) is 0 Å². The van der Waals surface area contributed by atoms with E-state index in [0.29, 0.717) is 13.0 Å². The largest absolute Gasteiger partial charge is 0.359 e. The van der Waals surface area contributed by atoms with E-state index in [-0.39, 0.29) is 30.5 Å². The first-order chi connectivity index (χ1) is 9.02. The average molecular weight is 331 g/mol. The van der Waals surface area contributed by atoms with Gasteiger partial charge in [0.25, 0.3) is 0 Å². The molecule has 4 nitrogen and oxygen atoms in total. The summed E-state index contributed by atoms with van der Waals surface area (Å²) in [6, 6.07) is 4.38. The molecule has 104 valence electrons. The van der Waals surface area contributed by atoms with Gasteiger partial charge in [0, 0.05) is 30.9 Å². The maximum Gasteiger partial charge on any atom is 0.221 e. The van der Waals surface area contributed by atoms with E-state index >= 15 is 0 Å². The molecule has 0 radical (unpaired) electrons. The highest BCUT2D eigenvalue weighted by Gasteiger charge is 2.06. The molecule has 2 amide bonds. The Balaban J connectivity index is 2.34. The first-order valence-electron chi connectivity index (χ1n) is 5.94. The predicted octanol–water partition coefficient (Wildman–Crippen LogP) is 1.77. The van der Waals surface area contributed by atoms with Crippen molar-refractivity contribution >= 4 is 27.7 Å². The van der Waals surface area contributed by atoms with Crippen molar-refractivity contribution in [2.24, 2.45) is 0 Å². The minimum atomic E-state index is -0.321. The standard InChI is InChI=1S/C13H16BrFN2O2/c1-16-12(18)6-7-17-13(19)5-2-9-8-10(15)3-4-11(9)14/h3-4,8H,2,5-7H2,1H3,(H,16,18)(H,17,19). The second-order valence-corrected chi connectivity index (χ2v) is 4.86. The zero-order chi connectivity index (χ0) is 14.3. The summed E-state index contributed by atoms with van der Waals surface area (Å²) in [5, 5.41) is 5.12. The summed E-state index contributed by atoms with van der Waals surface area (Å²) in [4.78, 5) is 22.5. The molecule has 1 aromatic rings. The Morgan fingerprint density at radius 3 is 2.68 bits per heavy atom. The monoisotopic (exact) mass is 330 g/mol. The number of aryl methyl sites for hydroxylation is 1. The zero-order valence-corrected chi connectivity index (χ0v) is 12.2. The molecule has 0 spiro atoms. The fourth-order valence-corrected chi connectivity index (χ4v) is 1.96. The van der Waals surface area contributed by atoms with Crippen LogP contribution < -0.4 is 10.6 Å². The van der Waals surface area contributed by atoms with Gasteiger partial charge in [-0.3, -0.25) is 9.59 Å².